The molecule has 1 aliphatic rings. The standard InChI is InChI=1S/C20H21F2N5O/c1-11-4-5-17(24-7-11)14-6-13(14)10-28-20-15(8-23-12(2)25-20)16-9-27(3)26-18(16)19(21)22/h4-5,7-9,13-14,19H,6,10H2,1-3H3/t13-,14+/m1/s1. The molecule has 0 saturated heterocycles. The number of hydrogen-bond donors (Lipinski definition) is 0. The summed E-state index contributed by atoms with van der Waals surface area (Å²) in [5.74, 6) is 1.53. The van der Waals surface area contributed by atoms with Crippen LogP contribution in [-0.2, 0) is 7.05 Å². The van der Waals surface area contributed by atoms with Gasteiger partial charge in [0.2, 0.25) is 5.88 Å². The van der Waals surface area contributed by atoms with Gasteiger partial charge >= 0.3 is 0 Å². The number of halogens is 2. The lowest BCUT2D eigenvalue weighted by Crippen LogP contribution is -2.06. The maximum atomic E-state index is 13.4. The van der Waals surface area contributed by atoms with Crippen LogP contribution in [0.5, 0.6) is 5.88 Å². The van der Waals surface area contributed by atoms with Gasteiger partial charge in [-0.2, -0.15) is 10.1 Å². The number of nitrogens with zero attached hydrogens (tertiary/aromatic N) is 5. The van der Waals surface area contributed by atoms with Crippen LogP contribution in [0, 0.1) is 19.8 Å². The molecule has 0 aromatic carbocycles. The van der Waals surface area contributed by atoms with Crippen molar-refractivity contribution in [2.45, 2.75) is 32.6 Å². The first-order valence-corrected chi connectivity index (χ1v) is 9.13. The Morgan fingerprint density at radius 3 is 2.71 bits per heavy atom. The number of pyridine rings is 1. The van der Waals surface area contributed by atoms with Crippen molar-refractivity contribution < 1.29 is 13.5 Å². The largest absolute Gasteiger partial charge is 0.477 e. The Morgan fingerprint density at radius 2 is 2.00 bits per heavy atom. The highest BCUT2D eigenvalue weighted by Crippen LogP contribution is 2.47. The number of hydrogen-bond acceptors (Lipinski definition) is 5. The maximum absolute atomic E-state index is 13.4. The van der Waals surface area contributed by atoms with Crippen LogP contribution in [-0.4, -0.2) is 31.3 Å². The van der Waals surface area contributed by atoms with Crippen molar-refractivity contribution in [1.29, 1.82) is 0 Å². The Morgan fingerprint density at radius 1 is 1.18 bits per heavy atom. The fourth-order valence-corrected chi connectivity index (χ4v) is 3.30. The minimum atomic E-state index is -2.69. The Hall–Kier alpha value is -2.90. The molecule has 1 fully saturated rings. The number of aromatic nitrogens is 5. The van der Waals surface area contributed by atoms with Gasteiger partial charge in [0, 0.05) is 48.7 Å². The average Bonchev–Trinajstić information content (AvgIpc) is 3.33. The van der Waals surface area contributed by atoms with Gasteiger partial charge in [0.1, 0.15) is 11.5 Å². The number of rotatable bonds is 6. The van der Waals surface area contributed by atoms with E-state index in [2.05, 4.69) is 26.1 Å². The molecule has 0 N–H and O–H groups in total. The van der Waals surface area contributed by atoms with Crippen molar-refractivity contribution >= 4 is 0 Å². The monoisotopic (exact) mass is 385 g/mol. The van der Waals surface area contributed by atoms with Gasteiger partial charge in [-0.05, 0) is 31.9 Å². The molecule has 1 saturated carbocycles. The molecule has 0 aliphatic heterocycles. The van der Waals surface area contributed by atoms with Gasteiger partial charge in [0.25, 0.3) is 6.43 Å². The second kappa shape index (κ2) is 7.26. The van der Waals surface area contributed by atoms with Crippen molar-refractivity contribution in [1.82, 2.24) is 24.7 Å². The minimum Gasteiger partial charge on any atom is -0.477 e. The zero-order valence-electron chi connectivity index (χ0n) is 15.9. The van der Waals surface area contributed by atoms with Crippen LogP contribution in [0.2, 0.25) is 0 Å². The van der Waals surface area contributed by atoms with Crippen LogP contribution in [0.3, 0.4) is 0 Å². The van der Waals surface area contributed by atoms with Crippen molar-refractivity contribution in [3.8, 4) is 17.0 Å². The molecule has 0 amide bonds. The summed E-state index contributed by atoms with van der Waals surface area (Å²) in [5.41, 5.74) is 2.61. The Kier molecular flexibility index (Phi) is 4.78. The number of alkyl halides is 2. The minimum absolute atomic E-state index is 0.292. The molecular formula is C20H21F2N5O. The van der Waals surface area contributed by atoms with Crippen molar-refractivity contribution in [3.05, 3.63) is 53.5 Å². The third-order valence-corrected chi connectivity index (χ3v) is 4.90. The first kappa shape index (κ1) is 18.5. The average molecular weight is 385 g/mol. The Bertz CT molecular complexity index is 987. The van der Waals surface area contributed by atoms with Gasteiger partial charge in [-0.15, -0.1) is 0 Å². The van der Waals surface area contributed by atoms with Crippen LogP contribution >= 0.6 is 0 Å². The third-order valence-electron chi connectivity index (χ3n) is 4.90. The highest BCUT2D eigenvalue weighted by atomic mass is 19.3. The van der Waals surface area contributed by atoms with E-state index in [4.69, 9.17) is 4.74 Å². The van der Waals surface area contributed by atoms with Crippen LogP contribution in [0.15, 0.2) is 30.7 Å². The van der Waals surface area contributed by atoms with Crippen molar-refractivity contribution in [3.63, 3.8) is 0 Å². The van der Waals surface area contributed by atoms with E-state index in [1.807, 2.05) is 19.2 Å². The molecule has 1 aliphatic carbocycles. The van der Waals surface area contributed by atoms with E-state index in [1.54, 1.807) is 20.2 Å². The second-order valence-electron chi connectivity index (χ2n) is 7.21. The lowest BCUT2D eigenvalue weighted by Gasteiger charge is -2.11. The van der Waals surface area contributed by atoms with Crippen molar-refractivity contribution in [2.75, 3.05) is 6.61 Å². The highest BCUT2D eigenvalue weighted by Gasteiger charge is 2.40. The molecule has 2 atom stereocenters. The summed E-state index contributed by atoms with van der Waals surface area (Å²) < 4.78 is 34.0. The van der Waals surface area contributed by atoms with E-state index in [0.717, 1.165) is 17.7 Å². The van der Waals surface area contributed by atoms with Crippen molar-refractivity contribution in [2.24, 2.45) is 13.0 Å². The molecular weight excluding hydrogens is 364 g/mol. The molecule has 28 heavy (non-hydrogen) atoms. The summed E-state index contributed by atoms with van der Waals surface area (Å²) in [6, 6.07) is 4.10. The fourth-order valence-electron chi connectivity index (χ4n) is 3.30. The highest BCUT2D eigenvalue weighted by molar-refractivity contribution is 5.69. The lowest BCUT2D eigenvalue weighted by atomic mass is 10.1. The molecule has 3 heterocycles. The smallest absolute Gasteiger partial charge is 0.282 e. The van der Waals surface area contributed by atoms with E-state index in [9.17, 15) is 8.78 Å². The van der Waals surface area contributed by atoms with Gasteiger partial charge in [0.15, 0.2) is 0 Å². The predicted octanol–water partition coefficient (Wildman–Crippen LogP) is 4.01. The van der Waals surface area contributed by atoms with E-state index >= 15 is 0 Å². The lowest BCUT2D eigenvalue weighted by molar-refractivity contribution is 0.146. The summed E-state index contributed by atoms with van der Waals surface area (Å²) in [6.07, 6.45) is 3.23. The van der Waals surface area contributed by atoms with Gasteiger partial charge in [-0.1, -0.05) is 6.07 Å². The topological polar surface area (TPSA) is 65.7 Å². The SMILES string of the molecule is Cc1ccc([C@H]2C[C@@H]2COc2nc(C)ncc2-c2cn(C)nc2C(F)F)nc1. The number of aryl methyl sites for hydroxylation is 3. The van der Waals surface area contributed by atoms with Crippen LogP contribution in [0.25, 0.3) is 11.1 Å². The molecule has 0 unspecified atom stereocenters. The summed E-state index contributed by atoms with van der Waals surface area (Å²) in [4.78, 5) is 13.0. The van der Waals surface area contributed by atoms with Gasteiger partial charge in [-0.3, -0.25) is 9.67 Å². The predicted molar refractivity (Wildman–Crippen MR) is 99.2 cm³/mol. The first-order chi connectivity index (χ1) is 13.4. The summed E-state index contributed by atoms with van der Waals surface area (Å²) in [7, 11) is 1.61. The molecule has 146 valence electrons. The summed E-state index contributed by atoms with van der Waals surface area (Å²) in [5, 5.41) is 3.86. The molecule has 6 nitrogen and oxygen atoms in total. The summed E-state index contributed by atoms with van der Waals surface area (Å²) in [6.45, 7) is 4.20. The second-order valence-corrected chi connectivity index (χ2v) is 7.21. The van der Waals surface area contributed by atoms with E-state index in [0.29, 0.717) is 41.3 Å². The molecule has 0 radical (unpaired) electrons. The van der Waals surface area contributed by atoms with E-state index in [-0.39, 0.29) is 5.69 Å². The quantitative estimate of drug-likeness (QED) is 0.641. The Balaban J connectivity index is 1.53. The molecule has 4 rings (SSSR count). The van der Waals surface area contributed by atoms with E-state index < -0.39 is 6.43 Å². The summed E-state index contributed by atoms with van der Waals surface area (Å²) >= 11 is 0. The molecule has 3 aromatic rings. The first-order valence-electron chi connectivity index (χ1n) is 9.13. The third kappa shape index (κ3) is 3.72. The normalized spacial score (nSPS) is 18.5. The zero-order valence-corrected chi connectivity index (χ0v) is 15.9. The molecule has 0 bridgehead atoms. The van der Waals surface area contributed by atoms with Crippen LogP contribution < -0.4 is 4.74 Å². The Labute approximate surface area is 161 Å². The maximum Gasteiger partial charge on any atom is 0.282 e. The molecule has 3 aromatic heterocycles. The molecule has 8 heteroatoms. The van der Waals surface area contributed by atoms with Crippen LogP contribution in [0.1, 0.15) is 41.5 Å². The van der Waals surface area contributed by atoms with Gasteiger partial charge < -0.3 is 4.74 Å². The van der Waals surface area contributed by atoms with Gasteiger partial charge in [0.05, 0.1) is 12.2 Å². The molecule has 0 spiro atoms. The van der Waals surface area contributed by atoms with Gasteiger partial charge in [-0.25, -0.2) is 13.8 Å². The van der Waals surface area contributed by atoms with E-state index in [1.165, 1.54) is 10.9 Å². The van der Waals surface area contributed by atoms with Crippen LogP contribution in [0.4, 0.5) is 8.78 Å². The fraction of sp³-hybridized carbons (Fsp3) is 0.400. The zero-order chi connectivity index (χ0) is 19.8. The number of ether oxygens (including phenoxy) is 1.